The van der Waals surface area contributed by atoms with Crippen molar-refractivity contribution < 1.29 is 39.2 Å². The van der Waals surface area contributed by atoms with Crippen molar-refractivity contribution in [3.05, 3.63) is 0 Å². The van der Waals surface area contributed by atoms with Crippen LogP contribution in [0.4, 0.5) is 4.79 Å². The number of rotatable bonds is 2. The fraction of sp³-hybridized carbons (Fsp3) is 0.400. The highest BCUT2D eigenvalue weighted by Gasteiger charge is 2.17. The fourth-order valence-corrected chi connectivity index (χ4v) is 0.229. The highest BCUT2D eigenvalue weighted by Crippen LogP contribution is 1.86. The summed E-state index contributed by atoms with van der Waals surface area (Å²) >= 11 is 0. The third-order valence-electron chi connectivity index (χ3n) is 0.633. The molecule has 0 aliphatic carbocycles. The molecule has 0 spiro atoms. The second kappa shape index (κ2) is 8.34. The third-order valence-corrected chi connectivity index (χ3v) is 0.633. The van der Waals surface area contributed by atoms with E-state index in [1.165, 1.54) is 0 Å². The van der Waals surface area contributed by atoms with E-state index in [0.29, 0.717) is 0 Å². The van der Waals surface area contributed by atoms with E-state index in [0.717, 1.165) is 0 Å². The standard InChI is InChI=1S/C4H6O6.CO2/c5-1-2(6)3(7)10-4(8)9;2-1-3/h2,5-6H,1H2,(H,8,9);. The number of carbonyl (C=O) groups is 2. The van der Waals surface area contributed by atoms with Crippen molar-refractivity contribution in [1.29, 1.82) is 0 Å². The molecule has 74 valence electrons. The first-order valence-electron chi connectivity index (χ1n) is 2.72. The number of esters is 1. The van der Waals surface area contributed by atoms with Gasteiger partial charge in [-0.3, -0.25) is 0 Å². The van der Waals surface area contributed by atoms with Crippen molar-refractivity contribution in [3.8, 4) is 0 Å². The minimum atomic E-state index is -1.81. The van der Waals surface area contributed by atoms with Crippen LogP contribution in [-0.4, -0.2) is 46.3 Å². The van der Waals surface area contributed by atoms with Crippen LogP contribution in [0.3, 0.4) is 0 Å². The Labute approximate surface area is 71.3 Å². The number of aliphatic hydroxyl groups excluding tert-OH is 2. The molecule has 0 saturated carbocycles. The summed E-state index contributed by atoms with van der Waals surface area (Å²) in [6.07, 6.45) is -3.34. The minimum Gasteiger partial charge on any atom is -0.449 e. The number of carbonyl (C=O) groups excluding carboxylic acids is 3. The van der Waals surface area contributed by atoms with Gasteiger partial charge < -0.3 is 20.1 Å². The lowest BCUT2D eigenvalue weighted by Crippen LogP contribution is -2.28. The molecule has 1 unspecified atom stereocenters. The van der Waals surface area contributed by atoms with Crippen LogP contribution in [0.5, 0.6) is 0 Å². The zero-order valence-electron chi connectivity index (χ0n) is 6.17. The van der Waals surface area contributed by atoms with Crippen molar-refractivity contribution >= 4 is 18.3 Å². The molecule has 0 bridgehead atoms. The zero-order chi connectivity index (χ0) is 10.9. The van der Waals surface area contributed by atoms with Gasteiger partial charge in [0.25, 0.3) is 0 Å². The molecule has 1 atom stereocenters. The number of carboxylic acid groups (broad SMARTS) is 1. The Kier molecular flexibility index (Phi) is 8.85. The quantitative estimate of drug-likeness (QED) is 0.338. The smallest absolute Gasteiger partial charge is 0.449 e. The zero-order valence-corrected chi connectivity index (χ0v) is 6.17. The predicted molar refractivity (Wildman–Crippen MR) is 32.2 cm³/mol. The summed E-state index contributed by atoms with van der Waals surface area (Å²) < 4.78 is 3.47. The molecule has 0 aromatic rings. The van der Waals surface area contributed by atoms with Gasteiger partial charge in [0.2, 0.25) is 0 Å². The Bertz CT molecular complexity index is 203. The number of hydrogen-bond acceptors (Lipinski definition) is 7. The van der Waals surface area contributed by atoms with E-state index < -0.39 is 24.8 Å². The van der Waals surface area contributed by atoms with Crippen LogP contribution in [0.2, 0.25) is 0 Å². The van der Waals surface area contributed by atoms with E-state index in [1.807, 2.05) is 0 Å². The normalized spacial score (nSPS) is 10.0. The SMILES string of the molecule is O=C(O)OC(=O)C(O)CO.O=C=O. The Morgan fingerprint density at radius 1 is 1.38 bits per heavy atom. The molecule has 8 nitrogen and oxygen atoms in total. The molecule has 3 N–H and O–H groups in total. The van der Waals surface area contributed by atoms with Gasteiger partial charge in [-0.15, -0.1) is 0 Å². The summed E-state index contributed by atoms with van der Waals surface area (Å²) in [7, 11) is 0. The maximum Gasteiger partial charge on any atom is 0.513 e. The van der Waals surface area contributed by atoms with E-state index in [4.69, 9.17) is 24.9 Å². The Morgan fingerprint density at radius 3 is 2.00 bits per heavy atom. The monoisotopic (exact) mass is 194 g/mol. The lowest BCUT2D eigenvalue weighted by atomic mass is 10.4. The van der Waals surface area contributed by atoms with Crippen LogP contribution >= 0.6 is 0 Å². The number of ether oxygens (including phenoxy) is 1. The second-order valence-corrected chi connectivity index (χ2v) is 1.47. The van der Waals surface area contributed by atoms with Gasteiger partial charge in [-0.05, 0) is 0 Å². The molecule has 0 heterocycles. The summed E-state index contributed by atoms with van der Waals surface area (Å²) in [5.41, 5.74) is 0. The largest absolute Gasteiger partial charge is 0.513 e. The highest BCUT2D eigenvalue weighted by atomic mass is 16.7. The maximum atomic E-state index is 10.2. The lowest BCUT2D eigenvalue weighted by Gasteiger charge is -2.01. The maximum absolute atomic E-state index is 10.2. The van der Waals surface area contributed by atoms with Crippen LogP contribution in [-0.2, 0) is 19.1 Å². The average molecular weight is 194 g/mol. The average Bonchev–Trinajstić information content (AvgIpc) is 2.03. The predicted octanol–water partition coefficient (Wildman–Crippen LogP) is -2.02. The molecule has 0 rings (SSSR count). The van der Waals surface area contributed by atoms with Gasteiger partial charge in [-0.25, -0.2) is 9.59 Å². The van der Waals surface area contributed by atoms with Gasteiger partial charge in [0.1, 0.15) is 0 Å². The number of aliphatic hydroxyl groups is 2. The van der Waals surface area contributed by atoms with Gasteiger partial charge in [-0.1, -0.05) is 0 Å². The molecule has 0 aliphatic heterocycles. The first-order chi connectivity index (χ1) is 5.99. The van der Waals surface area contributed by atoms with E-state index >= 15 is 0 Å². The molecule has 8 heteroatoms. The van der Waals surface area contributed by atoms with Crippen molar-refractivity contribution in [2.75, 3.05) is 6.61 Å². The van der Waals surface area contributed by atoms with Crippen molar-refractivity contribution in [3.63, 3.8) is 0 Å². The van der Waals surface area contributed by atoms with Crippen LogP contribution < -0.4 is 0 Å². The summed E-state index contributed by atoms with van der Waals surface area (Å²) in [6.45, 7) is -0.855. The third kappa shape index (κ3) is 10.2. The van der Waals surface area contributed by atoms with Crippen LogP contribution in [0.1, 0.15) is 0 Å². The van der Waals surface area contributed by atoms with E-state index in [1.54, 1.807) is 0 Å². The van der Waals surface area contributed by atoms with Crippen molar-refractivity contribution in [1.82, 2.24) is 0 Å². The van der Waals surface area contributed by atoms with E-state index in [-0.39, 0.29) is 6.15 Å². The van der Waals surface area contributed by atoms with E-state index in [2.05, 4.69) is 4.74 Å². The van der Waals surface area contributed by atoms with Crippen LogP contribution in [0.15, 0.2) is 0 Å². The number of hydrogen-bond donors (Lipinski definition) is 3. The van der Waals surface area contributed by atoms with Gasteiger partial charge in [0.05, 0.1) is 6.61 Å². The van der Waals surface area contributed by atoms with Crippen LogP contribution in [0.25, 0.3) is 0 Å². The highest BCUT2D eigenvalue weighted by molar-refractivity contribution is 5.83. The van der Waals surface area contributed by atoms with E-state index in [9.17, 15) is 9.59 Å². The first kappa shape index (κ1) is 13.8. The summed E-state index contributed by atoms with van der Waals surface area (Å²) in [5.74, 6) is -1.38. The Morgan fingerprint density at radius 2 is 1.77 bits per heavy atom. The van der Waals surface area contributed by atoms with Crippen LogP contribution in [0, 0.1) is 0 Å². The Hall–Kier alpha value is -1.76. The molecule has 0 radical (unpaired) electrons. The Balaban J connectivity index is 0. The minimum absolute atomic E-state index is 0.250. The van der Waals surface area contributed by atoms with Crippen molar-refractivity contribution in [2.45, 2.75) is 6.10 Å². The van der Waals surface area contributed by atoms with Crippen molar-refractivity contribution in [2.24, 2.45) is 0 Å². The molecule has 0 aromatic carbocycles. The molecular formula is C5H6O8. The molecule has 13 heavy (non-hydrogen) atoms. The van der Waals surface area contributed by atoms with Gasteiger partial charge in [-0.2, -0.15) is 9.59 Å². The molecular weight excluding hydrogens is 188 g/mol. The first-order valence-corrected chi connectivity index (χ1v) is 2.72. The second-order valence-electron chi connectivity index (χ2n) is 1.47. The molecule has 0 aliphatic rings. The summed E-state index contributed by atoms with van der Waals surface area (Å²) in [4.78, 5) is 36.0. The molecule has 0 amide bonds. The van der Waals surface area contributed by atoms with Gasteiger partial charge >= 0.3 is 18.3 Å². The van der Waals surface area contributed by atoms with Gasteiger partial charge in [0.15, 0.2) is 6.10 Å². The van der Waals surface area contributed by atoms with Gasteiger partial charge in [0, 0.05) is 0 Å². The molecule has 0 saturated heterocycles. The lowest BCUT2D eigenvalue weighted by molar-refractivity contribution is -0.191. The molecule has 0 aromatic heterocycles. The summed E-state index contributed by atoms with van der Waals surface area (Å²) in [6, 6.07) is 0. The summed E-state index contributed by atoms with van der Waals surface area (Å²) in [5, 5.41) is 24.3. The molecule has 0 fully saturated rings. The fourth-order valence-electron chi connectivity index (χ4n) is 0.229. The topological polar surface area (TPSA) is 138 Å².